The highest BCUT2D eigenvalue weighted by Gasteiger charge is 1.96. The van der Waals surface area contributed by atoms with E-state index in [0.717, 1.165) is 10.2 Å². The molecular formula is C8H9BrN2S. The van der Waals surface area contributed by atoms with E-state index in [1.807, 2.05) is 25.1 Å². The Labute approximate surface area is 85.3 Å². The number of halogens is 1. The molecule has 1 aromatic rings. The van der Waals surface area contributed by atoms with Gasteiger partial charge in [-0.2, -0.15) is 0 Å². The van der Waals surface area contributed by atoms with Crippen LogP contribution in [0.1, 0.15) is 5.56 Å². The van der Waals surface area contributed by atoms with Crippen molar-refractivity contribution in [2.75, 3.05) is 5.32 Å². The van der Waals surface area contributed by atoms with E-state index in [-0.39, 0.29) is 5.11 Å². The average molecular weight is 245 g/mol. The molecule has 0 saturated carbocycles. The molecule has 3 N–H and O–H groups in total. The van der Waals surface area contributed by atoms with Gasteiger partial charge in [-0.1, -0.05) is 22.0 Å². The predicted octanol–water partition coefficient (Wildman–Crippen LogP) is 2.41. The summed E-state index contributed by atoms with van der Waals surface area (Å²) in [6, 6.07) is 5.86. The van der Waals surface area contributed by atoms with Crippen molar-refractivity contribution in [3.05, 3.63) is 28.2 Å². The van der Waals surface area contributed by atoms with Crippen LogP contribution in [0.3, 0.4) is 0 Å². The van der Waals surface area contributed by atoms with Crippen molar-refractivity contribution < 1.29 is 0 Å². The number of hydrogen-bond acceptors (Lipinski definition) is 1. The largest absolute Gasteiger partial charge is 0.376 e. The van der Waals surface area contributed by atoms with E-state index >= 15 is 0 Å². The van der Waals surface area contributed by atoms with Crippen LogP contribution in [0.2, 0.25) is 0 Å². The molecular weight excluding hydrogens is 236 g/mol. The van der Waals surface area contributed by atoms with Gasteiger partial charge in [-0.25, -0.2) is 0 Å². The second-order valence-electron chi connectivity index (χ2n) is 2.45. The Morgan fingerprint density at radius 1 is 1.58 bits per heavy atom. The molecule has 0 heterocycles. The molecule has 1 rings (SSSR count). The van der Waals surface area contributed by atoms with Crippen molar-refractivity contribution in [1.82, 2.24) is 0 Å². The van der Waals surface area contributed by atoms with Gasteiger partial charge in [-0.3, -0.25) is 0 Å². The van der Waals surface area contributed by atoms with Crippen LogP contribution in [-0.2, 0) is 0 Å². The molecule has 4 heteroatoms. The van der Waals surface area contributed by atoms with E-state index in [4.69, 9.17) is 18.0 Å². The van der Waals surface area contributed by atoms with Crippen molar-refractivity contribution in [2.45, 2.75) is 6.92 Å². The van der Waals surface area contributed by atoms with Gasteiger partial charge in [0.15, 0.2) is 5.11 Å². The van der Waals surface area contributed by atoms with E-state index in [1.165, 1.54) is 5.56 Å². The molecule has 2 nitrogen and oxygen atoms in total. The zero-order valence-electron chi connectivity index (χ0n) is 6.60. The summed E-state index contributed by atoms with van der Waals surface area (Å²) in [5.74, 6) is 0. The first-order valence-corrected chi connectivity index (χ1v) is 4.62. The highest BCUT2D eigenvalue weighted by atomic mass is 79.9. The van der Waals surface area contributed by atoms with Crippen LogP contribution < -0.4 is 11.1 Å². The van der Waals surface area contributed by atoms with Gasteiger partial charge < -0.3 is 11.1 Å². The van der Waals surface area contributed by atoms with Gasteiger partial charge >= 0.3 is 0 Å². The van der Waals surface area contributed by atoms with Crippen LogP contribution in [0.5, 0.6) is 0 Å². The minimum absolute atomic E-state index is 0.283. The van der Waals surface area contributed by atoms with Gasteiger partial charge in [-0.15, -0.1) is 0 Å². The molecule has 0 spiro atoms. The molecule has 0 saturated heterocycles. The third-order valence-electron chi connectivity index (χ3n) is 1.44. The van der Waals surface area contributed by atoms with Crippen molar-refractivity contribution in [1.29, 1.82) is 0 Å². The van der Waals surface area contributed by atoms with Crippen LogP contribution in [0.15, 0.2) is 22.7 Å². The lowest BCUT2D eigenvalue weighted by atomic mass is 10.2. The fraction of sp³-hybridized carbons (Fsp3) is 0.125. The lowest BCUT2D eigenvalue weighted by Crippen LogP contribution is -2.18. The lowest BCUT2D eigenvalue weighted by molar-refractivity contribution is 1.43. The fourth-order valence-electron chi connectivity index (χ4n) is 0.813. The van der Waals surface area contributed by atoms with E-state index in [0.29, 0.717) is 0 Å². The maximum absolute atomic E-state index is 5.32. The molecule has 12 heavy (non-hydrogen) atoms. The van der Waals surface area contributed by atoms with Gasteiger partial charge in [0.1, 0.15) is 0 Å². The first-order chi connectivity index (χ1) is 5.59. The summed E-state index contributed by atoms with van der Waals surface area (Å²) in [5, 5.41) is 3.14. The highest BCUT2D eigenvalue weighted by Crippen LogP contribution is 2.20. The van der Waals surface area contributed by atoms with Crippen LogP contribution >= 0.6 is 28.1 Å². The van der Waals surface area contributed by atoms with Gasteiger partial charge in [0, 0.05) is 10.2 Å². The second kappa shape index (κ2) is 3.87. The minimum Gasteiger partial charge on any atom is -0.376 e. The maximum atomic E-state index is 5.32. The van der Waals surface area contributed by atoms with Gasteiger partial charge in [0.2, 0.25) is 0 Å². The van der Waals surface area contributed by atoms with E-state index < -0.39 is 0 Å². The Hall–Kier alpha value is -0.610. The Morgan fingerprint density at radius 2 is 2.25 bits per heavy atom. The molecule has 0 bridgehead atoms. The molecule has 0 atom stereocenters. The van der Waals surface area contributed by atoms with E-state index in [9.17, 15) is 0 Å². The monoisotopic (exact) mass is 244 g/mol. The smallest absolute Gasteiger partial charge is 0.168 e. The maximum Gasteiger partial charge on any atom is 0.168 e. The zero-order chi connectivity index (χ0) is 9.14. The summed E-state index contributed by atoms with van der Waals surface area (Å²) in [4.78, 5) is 0. The lowest BCUT2D eigenvalue weighted by Gasteiger charge is -2.05. The number of benzene rings is 1. The van der Waals surface area contributed by atoms with Gasteiger partial charge in [0.05, 0.1) is 0 Å². The van der Waals surface area contributed by atoms with Crippen molar-refractivity contribution in [3.8, 4) is 0 Å². The summed E-state index contributed by atoms with van der Waals surface area (Å²) in [5.41, 5.74) is 7.40. The van der Waals surface area contributed by atoms with Crippen molar-refractivity contribution in [2.24, 2.45) is 5.73 Å². The molecule has 0 aliphatic carbocycles. The van der Waals surface area contributed by atoms with Crippen molar-refractivity contribution >= 4 is 38.9 Å². The van der Waals surface area contributed by atoms with Crippen LogP contribution in [0.4, 0.5) is 5.69 Å². The van der Waals surface area contributed by atoms with E-state index in [2.05, 4.69) is 21.2 Å². The Balaban J connectivity index is 2.89. The summed E-state index contributed by atoms with van der Waals surface area (Å²) in [6.07, 6.45) is 0. The number of thiocarbonyl (C=S) groups is 1. The summed E-state index contributed by atoms with van der Waals surface area (Å²) in [6.45, 7) is 2.02. The Morgan fingerprint density at radius 3 is 2.75 bits per heavy atom. The molecule has 0 fully saturated rings. The van der Waals surface area contributed by atoms with Gasteiger partial charge in [0.25, 0.3) is 0 Å². The van der Waals surface area contributed by atoms with E-state index in [1.54, 1.807) is 0 Å². The molecule has 0 unspecified atom stereocenters. The average Bonchev–Trinajstić information content (AvgIpc) is 1.96. The molecule has 0 radical (unpaired) electrons. The topological polar surface area (TPSA) is 38.0 Å². The number of rotatable bonds is 1. The SMILES string of the molecule is Cc1ccc(NC(N)=S)cc1Br. The molecule has 64 valence electrons. The Bertz CT molecular complexity index is 312. The van der Waals surface area contributed by atoms with Crippen LogP contribution in [-0.4, -0.2) is 5.11 Å². The molecule has 0 amide bonds. The summed E-state index contributed by atoms with van der Waals surface area (Å²) >= 11 is 8.12. The molecule has 0 aliphatic rings. The molecule has 0 aliphatic heterocycles. The van der Waals surface area contributed by atoms with Crippen LogP contribution in [0, 0.1) is 6.92 Å². The Kier molecular flexibility index (Phi) is 3.05. The fourth-order valence-corrected chi connectivity index (χ4v) is 1.31. The first-order valence-electron chi connectivity index (χ1n) is 3.42. The number of nitrogens with two attached hydrogens (primary N) is 1. The van der Waals surface area contributed by atoms with Crippen LogP contribution in [0.25, 0.3) is 0 Å². The van der Waals surface area contributed by atoms with Crippen molar-refractivity contribution in [3.63, 3.8) is 0 Å². The third kappa shape index (κ3) is 2.46. The predicted molar refractivity (Wildman–Crippen MR) is 59.3 cm³/mol. The standard InChI is InChI=1S/C8H9BrN2S/c1-5-2-3-6(4-7(5)9)11-8(10)12/h2-4H,1H3,(H3,10,11,12). The quantitative estimate of drug-likeness (QED) is 0.746. The second-order valence-corrected chi connectivity index (χ2v) is 3.75. The number of hydrogen-bond donors (Lipinski definition) is 2. The number of anilines is 1. The normalized spacial score (nSPS) is 9.50. The highest BCUT2D eigenvalue weighted by molar-refractivity contribution is 9.10. The number of nitrogens with one attached hydrogen (secondary N) is 1. The van der Waals surface area contributed by atoms with Gasteiger partial charge in [-0.05, 0) is 36.8 Å². The first kappa shape index (κ1) is 9.48. The summed E-state index contributed by atoms with van der Waals surface area (Å²) in [7, 11) is 0. The minimum atomic E-state index is 0.283. The molecule has 1 aromatic carbocycles. The summed E-state index contributed by atoms with van der Waals surface area (Å²) < 4.78 is 1.05. The number of aryl methyl sites for hydroxylation is 1. The third-order valence-corrected chi connectivity index (χ3v) is 2.40. The zero-order valence-corrected chi connectivity index (χ0v) is 9.00. The molecule has 0 aromatic heterocycles.